The summed E-state index contributed by atoms with van der Waals surface area (Å²) in [5.74, 6) is 1.57. The van der Waals surface area contributed by atoms with Crippen molar-refractivity contribution in [2.75, 3.05) is 13.2 Å². The Bertz CT molecular complexity index is 1070. The maximum absolute atomic E-state index is 9.08. The first-order chi connectivity index (χ1) is 13.1. The summed E-state index contributed by atoms with van der Waals surface area (Å²) in [6.07, 6.45) is 0. The molecular formula is C21H18ClN3O2. The molecule has 0 spiro atoms. The van der Waals surface area contributed by atoms with Crippen molar-refractivity contribution in [3.05, 3.63) is 63.9 Å². The first-order valence-electron chi connectivity index (χ1n) is 8.70. The summed E-state index contributed by atoms with van der Waals surface area (Å²) in [4.78, 5) is 0. The van der Waals surface area contributed by atoms with E-state index in [1.54, 1.807) is 6.07 Å². The Labute approximate surface area is 162 Å². The molecule has 0 radical (unpaired) electrons. The van der Waals surface area contributed by atoms with Gasteiger partial charge in [-0.15, -0.1) is 0 Å². The summed E-state index contributed by atoms with van der Waals surface area (Å²) in [6.45, 7) is 5.72. The highest BCUT2D eigenvalue weighted by atomic mass is 35.5. The highest BCUT2D eigenvalue weighted by Gasteiger charge is 2.19. The lowest BCUT2D eigenvalue weighted by molar-refractivity contribution is 0.169. The maximum atomic E-state index is 9.08. The molecule has 0 fully saturated rings. The molecule has 1 aromatic heterocycles. The topological polar surface area (TPSA) is 60.1 Å². The number of halogens is 1. The summed E-state index contributed by atoms with van der Waals surface area (Å²) in [6, 6.07) is 13.5. The van der Waals surface area contributed by atoms with E-state index in [9.17, 15) is 0 Å². The fourth-order valence-corrected chi connectivity index (χ4v) is 3.67. The Kier molecular flexibility index (Phi) is 4.51. The SMILES string of the molecule is Cc1nn(Cc2cccc3c2OCCO3)c(C)c1-c1ccc(C#N)c(Cl)c1. The van der Waals surface area contributed by atoms with Gasteiger partial charge in [-0.2, -0.15) is 10.4 Å². The van der Waals surface area contributed by atoms with E-state index in [1.165, 1.54) is 0 Å². The molecule has 4 rings (SSSR count). The minimum atomic E-state index is 0.448. The molecule has 1 aliphatic heterocycles. The van der Waals surface area contributed by atoms with Gasteiger partial charge in [-0.3, -0.25) is 4.68 Å². The smallest absolute Gasteiger partial charge is 0.166 e. The van der Waals surface area contributed by atoms with Crippen molar-refractivity contribution >= 4 is 11.6 Å². The minimum Gasteiger partial charge on any atom is -0.486 e. The number of aromatic nitrogens is 2. The second kappa shape index (κ2) is 6.98. The molecule has 0 bridgehead atoms. The van der Waals surface area contributed by atoms with Crippen molar-refractivity contribution in [3.8, 4) is 28.7 Å². The second-order valence-corrected chi connectivity index (χ2v) is 6.86. The maximum Gasteiger partial charge on any atom is 0.166 e. The molecule has 6 heteroatoms. The van der Waals surface area contributed by atoms with Crippen LogP contribution in [-0.4, -0.2) is 23.0 Å². The first-order valence-corrected chi connectivity index (χ1v) is 9.08. The predicted octanol–water partition coefficient (Wildman–Crippen LogP) is 4.51. The lowest BCUT2D eigenvalue weighted by Crippen LogP contribution is -2.17. The summed E-state index contributed by atoms with van der Waals surface area (Å²) < 4.78 is 13.4. The number of hydrogen-bond donors (Lipinski definition) is 0. The molecule has 3 aromatic rings. The predicted molar refractivity (Wildman–Crippen MR) is 103 cm³/mol. The zero-order chi connectivity index (χ0) is 19.0. The van der Waals surface area contributed by atoms with Gasteiger partial charge in [0.05, 0.1) is 22.8 Å². The number of nitriles is 1. The Morgan fingerprint density at radius 1 is 1.19 bits per heavy atom. The lowest BCUT2D eigenvalue weighted by atomic mass is 10.0. The quantitative estimate of drug-likeness (QED) is 0.671. The summed E-state index contributed by atoms with van der Waals surface area (Å²) in [7, 11) is 0. The Morgan fingerprint density at radius 2 is 2.00 bits per heavy atom. The number of aryl methyl sites for hydroxylation is 1. The van der Waals surface area contributed by atoms with Gasteiger partial charge in [0.15, 0.2) is 11.5 Å². The van der Waals surface area contributed by atoms with Crippen molar-refractivity contribution in [3.63, 3.8) is 0 Å². The molecule has 2 aromatic carbocycles. The van der Waals surface area contributed by atoms with Crippen LogP contribution in [0.15, 0.2) is 36.4 Å². The monoisotopic (exact) mass is 379 g/mol. The molecule has 5 nitrogen and oxygen atoms in total. The van der Waals surface area contributed by atoms with Gasteiger partial charge in [-0.25, -0.2) is 0 Å². The number of hydrogen-bond acceptors (Lipinski definition) is 4. The van der Waals surface area contributed by atoms with E-state index in [0.717, 1.165) is 39.6 Å². The summed E-state index contributed by atoms with van der Waals surface area (Å²) in [5.41, 5.74) is 5.43. The fraction of sp³-hybridized carbons (Fsp3) is 0.238. The average Bonchev–Trinajstić information content (AvgIpc) is 2.95. The average molecular weight is 380 g/mol. The van der Waals surface area contributed by atoms with E-state index >= 15 is 0 Å². The molecule has 0 N–H and O–H groups in total. The second-order valence-electron chi connectivity index (χ2n) is 6.45. The highest BCUT2D eigenvalue weighted by Crippen LogP contribution is 2.35. The summed E-state index contributed by atoms with van der Waals surface area (Å²) in [5, 5.41) is 14.2. The number of ether oxygens (including phenoxy) is 2. The van der Waals surface area contributed by atoms with Crippen molar-refractivity contribution < 1.29 is 9.47 Å². The van der Waals surface area contributed by atoms with Crippen LogP contribution in [0.4, 0.5) is 0 Å². The lowest BCUT2D eigenvalue weighted by Gasteiger charge is -2.21. The first kappa shape index (κ1) is 17.4. The summed E-state index contributed by atoms with van der Waals surface area (Å²) >= 11 is 6.22. The molecule has 27 heavy (non-hydrogen) atoms. The molecule has 0 unspecified atom stereocenters. The number of fused-ring (bicyclic) bond motifs is 1. The highest BCUT2D eigenvalue weighted by molar-refractivity contribution is 6.32. The van der Waals surface area contributed by atoms with Gasteiger partial charge in [-0.1, -0.05) is 29.8 Å². The molecular weight excluding hydrogens is 362 g/mol. The van der Waals surface area contributed by atoms with Gasteiger partial charge in [-0.05, 0) is 37.6 Å². The van der Waals surface area contributed by atoms with Crippen LogP contribution < -0.4 is 9.47 Å². The zero-order valence-corrected chi connectivity index (χ0v) is 15.9. The third kappa shape index (κ3) is 3.13. The van der Waals surface area contributed by atoms with Crippen LogP contribution in [0.3, 0.4) is 0 Å². The van der Waals surface area contributed by atoms with E-state index in [2.05, 4.69) is 6.07 Å². The normalized spacial score (nSPS) is 12.7. The standard InChI is InChI=1S/C21H18ClN3O2/c1-13-20(15-6-7-16(11-23)18(22)10-15)14(2)25(24-13)12-17-4-3-5-19-21(17)27-9-8-26-19/h3-7,10H,8-9,12H2,1-2H3. The third-order valence-corrected chi connectivity index (χ3v) is 5.04. The minimum absolute atomic E-state index is 0.448. The van der Waals surface area contributed by atoms with Gasteiger partial charge in [0, 0.05) is 16.8 Å². The van der Waals surface area contributed by atoms with Crippen LogP contribution in [-0.2, 0) is 6.54 Å². The van der Waals surface area contributed by atoms with E-state index in [-0.39, 0.29) is 0 Å². The zero-order valence-electron chi connectivity index (χ0n) is 15.1. The van der Waals surface area contributed by atoms with Gasteiger partial charge in [0.1, 0.15) is 19.3 Å². The molecule has 136 valence electrons. The van der Waals surface area contributed by atoms with E-state index < -0.39 is 0 Å². The van der Waals surface area contributed by atoms with Crippen molar-refractivity contribution in [1.29, 1.82) is 5.26 Å². The van der Waals surface area contributed by atoms with Crippen LogP contribution in [0.25, 0.3) is 11.1 Å². The molecule has 1 aliphatic rings. The Balaban J connectivity index is 1.72. The third-order valence-electron chi connectivity index (χ3n) is 4.73. The van der Waals surface area contributed by atoms with Gasteiger partial charge in [0.2, 0.25) is 0 Å². The van der Waals surface area contributed by atoms with Gasteiger partial charge < -0.3 is 9.47 Å². The van der Waals surface area contributed by atoms with Crippen LogP contribution in [0, 0.1) is 25.2 Å². The van der Waals surface area contributed by atoms with Crippen molar-refractivity contribution in [2.24, 2.45) is 0 Å². The number of para-hydroxylation sites is 1. The van der Waals surface area contributed by atoms with E-state index in [1.807, 2.05) is 48.9 Å². The Hall–Kier alpha value is -2.97. The number of nitrogens with zero attached hydrogens (tertiary/aromatic N) is 3. The van der Waals surface area contributed by atoms with Crippen LogP contribution in [0.2, 0.25) is 5.02 Å². The van der Waals surface area contributed by atoms with Crippen LogP contribution in [0.5, 0.6) is 11.5 Å². The van der Waals surface area contributed by atoms with Crippen molar-refractivity contribution in [2.45, 2.75) is 20.4 Å². The molecule has 0 amide bonds. The van der Waals surface area contributed by atoms with Crippen LogP contribution >= 0.6 is 11.6 Å². The van der Waals surface area contributed by atoms with Gasteiger partial charge >= 0.3 is 0 Å². The van der Waals surface area contributed by atoms with Crippen LogP contribution in [0.1, 0.15) is 22.5 Å². The number of benzene rings is 2. The molecule has 0 aliphatic carbocycles. The largest absolute Gasteiger partial charge is 0.486 e. The Morgan fingerprint density at radius 3 is 2.78 bits per heavy atom. The fourth-order valence-electron chi connectivity index (χ4n) is 3.45. The molecule has 2 heterocycles. The number of rotatable bonds is 3. The van der Waals surface area contributed by atoms with E-state index in [4.69, 9.17) is 31.4 Å². The molecule has 0 atom stereocenters. The molecule has 0 saturated carbocycles. The van der Waals surface area contributed by atoms with Crippen molar-refractivity contribution in [1.82, 2.24) is 9.78 Å². The van der Waals surface area contributed by atoms with Gasteiger partial charge in [0.25, 0.3) is 0 Å². The van der Waals surface area contributed by atoms with E-state index in [0.29, 0.717) is 30.3 Å². The molecule has 0 saturated heterocycles.